The Kier molecular flexibility index (Phi) is 4.15. The van der Waals surface area contributed by atoms with Crippen molar-refractivity contribution >= 4 is 15.7 Å². The summed E-state index contributed by atoms with van der Waals surface area (Å²) in [5, 5.41) is 0. The highest BCUT2D eigenvalue weighted by Gasteiger charge is 2.30. The fourth-order valence-corrected chi connectivity index (χ4v) is 2.14. The highest BCUT2D eigenvalue weighted by Crippen LogP contribution is 2.22. The van der Waals surface area contributed by atoms with Crippen molar-refractivity contribution in [2.45, 2.75) is 12.6 Å². The lowest BCUT2D eigenvalue weighted by atomic mass is 10.3. The highest BCUT2D eigenvalue weighted by molar-refractivity contribution is 7.92. The molecule has 0 aromatic heterocycles. The van der Waals surface area contributed by atoms with Gasteiger partial charge in [0.15, 0.2) is 0 Å². The summed E-state index contributed by atoms with van der Waals surface area (Å²) in [6.07, 6.45) is -6.18. The molecule has 0 aliphatic heterocycles. The van der Waals surface area contributed by atoms with Gasteiger partial charge in [0.1, 0.15) is 11.6 Å². The van der Waals surface area contributed by atoms with Gasteiger partial charge in [0.2, 0.25) is 10.0 Å². The van der Waals surface area contributed by atoms with Gasteiger partial charge in [-0.1, -0.05) is 0 Å². The van der Waals surface area contributed by atoms with Crippen molar-refractivity contribution in [3.8, 4) is 0 Å². The second-order valence-corrected chi connectivity index (χ2v) is 5.25. The van der Waals surface area contributed by atoms with Crippen LogP contribution in [-0.2, 0) is 10.0 Å². The van der Waals surface area contributed by atoms with Crippen LogP contribution in [0.15, 0.2) is 18.2 Å². The smallest absolute Gasteiger partial charge is 0.281 e. The Hall–Kier alpha value is -1.38. The maximum atomic E-state index is 13.1. The van der Waals surface area contributed by atoms with Gasteiger partial charge < -0.3 is 0 Å². The molecule has 0 spiro atoms. The Morgan fingerprint density at radius 3 is 2.28 bits per heavy atom. The van der Waals surface area contributed by atoms with Crippen molar-refractivity contribution in [3.05, 3.63) is 29.8 Å². The first-order valence-corrected chi connectivity index (χ1v) is 6.26. The summed E-state index contributed by atoms with van der Waals surface area (Å²) in [6, 6.07) is 1.99. The zero-order valence-corrected chi connectivity index (χ0v) is 9.58. The number of rotatable bonds is 4. The van der Waals surface area contributed by atoms with Gasteiger partial charge in [0.25, 0.3) is 0 Å². The molecule has 0 amide bonds. The van der Waals surface area contributed by atoms with Crippen molar-refractivity contribution in [1.82, 2.24) is 0 Å². The van der Waals surface area contributed by atoms with Crippen molar-refractivity contribution in [1.29, 1.82) is 0 Å². The zero-order chi connectivity index (χ0) is 14.0. The van der Waals surface area contributed by atoms with E-state index in [-0.39, 0.29) is 0 Å². The molecule has 1 rings (SSSR count). The summed E-state index contributed by atoms with van der Waals surface area (Å²) in [6.45, 7) is 0. The minimum Gasteiger partial charge on any atom is -0.281 e. The fourth-order valence-electron chi connectivity index (χ4n) is 1.04. The molecule has 0 unspecified atom stereocenters. The Morgan fingerprint density at radius 1 is 1.17 bits per heavy atom. The van der Waals surface area contributed by atoms with E-state index in [1.165, 1.54) is 0 Å². The molecule has 18 heavy (non-hydrogen) atoms. The molecule has 3 nitrogen and oxygen atoms in total. The van der Waals surface area contributed by atoms with Crippen LogP contribution in [0.1, 0.15) is 6.42 Å². The molecule has 0 atom stereocenters. The molecule has 9 heteroatoms. The standard InChI is InChI=1S/C9H8F5NO2S/c10-6-1-2-8(7(11)5-6)15-18(16,17)4-3-9(12,13)14/h1-2,5,15H,3-4H2. The van der Waals surface area contributed by atoms with Crippen molar-refractivity contribution in [2.24, 2.45) is 0 Å². The van der Waals surface area contributed by atoms with Crippen LogP contribution >= 0.6 is 0 Å². The van der Waals surface area contributed by atoms with Gasteiger partial charge in [0.05, 0.1) is 17.9 Å². The lowest BCUT2D eigenvalue weighted by molar-refractivity contribution is -0.129. The molecule has 1 aromatic rings. The maximum absolute atomic E-state index is 13.1. The number of hydrogen-bond acceptors (Lipinski definition) is 2. The molecule has 0 saturated carbocycles. The molecule has 0 radical (unpaired) electrons. The van der Waals surface area contributed by atoms with Gasteiger partial charge in [0, 0.05) is 6.07 Å². The van der Waals surface area contributed by atoms with Gasteiger partial charge in [-0.2, -0.15) is 13.2 Å². The van der Waals surface area contributed by atoms with E-state index in [0.717, 1.165) is 12.1 Å². The van der Waals surface area contributed by atoms with E-state index in [1.54, 1.807) is 4.72 Å². The predicted molar refractivity (Wildman–Crippen MR) is 54.4 cm³/mol. The third-order valence-electron chi connectivity index (χ3n) is 1.85. The number of halogens is 5. The summed E-state index contributed by atoms with van der Waals surface area (Å²) in [7, 11) is -4.34. The van der Waals surface area contributed by atoms with Crippen LogP contribution in [0.25, 0.3) is 0 Å². The third kappa shape index (κ3) is 4.86. The van der Waals surface area contributed by atoms with Crippen molar-refractivity contribution in [3.63, 3.8) is 0 Å². The van der Waals surface area contributed by atoms with Crippen LogP contribution in [0.5, 0.6) is 0 Å². The van der Waals surface area contributed by atoms with Crippen LogP contribution in [-0.4, -0.2) is 20.3 Å². The molecular weight excluding hydrogens is 281 g/mol. The van der Waals surface area contributed by atoms with E-state index >= 15 is 0 Å². The van der Waals surface area contributed by atoms with E-state index in [4.69, 9.17) is 0 Å². The average Bonchev–Trinajstić information content (AvgIpc) is 2.19. The quantitative estimate of drug-likeness (QED) is 0.866. The van der Waals surface area contributed by atoms with Gasteiger partial charge >= 0.3 is 6.18 Å². The number of nitrogens with one attached hydrogen (secondary N) is 1. The van der Waals surface area contributed by atoms with Crippen LogP contribution in [0.2, 0.25) is 0 Å². The normalized spacial score (nSPS) is 12.5. The molecule has 0 saturated heterocycles. The molecule has 0 bridgehead atoms. The van der Waals surface area contributed by atoms with Gasteiger partial charge in [-0.05, 0) is 12.1 Å². The zero-order valence-electron chi connectivity index (χ0n) is 8.76. The van der Waals surface area contributed by atoms with Crippen molar-refractivity contribution in [2.75, 3.05) is 10.5 Å². The Bertz CT molecular complexity index is 526. The molecule has 0 aliphatic carbocycles. The summed E-state index contributed by atoms with van der Waals surface area (Å²) in [4.78, 5) is 0. The fraction of sp³-hybridized carbons (Fsp3) is 0.333. The monoisotopic (exact) mass is 289 g/mol. The molecule has 102 valence electrons. The molecule has 0 heterocycles. The molecule has 0 aliphatic rings. The summed E-state index contributed by atoms with van der Waals surface area (Å²) in [5.74, 6) is -3.36. The van der Waals surface area contributed by atoms with E-state index in [0.29, 0.717) is 6.07 Å². The maximum Gasteiger partial charge on any atom is 0.390 e. The lowest BCUT2D eigenvalue weighted by Crippen LogP contribution is -2.22. The van der Waals surface area contributed by atoms with Crippen molar-refractivity contribution < 1.29 is 30.4 Å². The van der Waals surface area contributed by atoms with Gasteiger partial charge in [-0.15, -0.1) is 0 Å². The minimum atomic E-state index is -4.63. The first kappa shape index (κ1) is 14.7. The SMILES string of the molecule is O=S(=O)(CCC(F)(F)F)Nc1ccc(F)cc1F. The lowest BCUT2D eigenvalue weighted by Gasteiger charge is -2.10. The van der Waals surface area contributed by atoms with E-state index in [2.05, 4.69) is 0 Å². The first-order chi connectivity index (χ1) is 8.09. The minimum absolute atomic E-state index is 0.418. The number of hydrogen-bond donors (Lipinski definition) is 1. The topological polar surface area (TPSA) is 46.2 Å². The average molecular weight is 289 g/mol. The van der Waals surface area contributed by atoms with Crippen LogP contribution < -0.4 is 4.72 Å². The highest BCUT2D eigenvalue weighted by atomic mass is 32.2. The second kappa shape index (κ2) is 5.09. The van der Waals surface area contributed by atoms with E-state index in [9.17, 15) is 30.4 Å². The largest absolute Gasteiger partial charge is 0.390 e. The van der Waals surface area contributed by atoms with Crippen LogP contribution in [0.4, 0.5) is 27.6 Å². The molecule has 1 N–H and O–H groups in total. The third-order valence-corrected chi connectivity index (χ3v) is 3.12. The number of benzene rings is 1. The Labute approximate surface area is 99.7 Å². The summed E-state index contributed by atoms with van der Waals surface area (Å²) in [5.41, 5.74) is -0.599. The first-order valence-electron chi connectivity index (χ1n) is 4.61. The van der Waals surface area contributed by atoms with Crippen LogP contribution in [0, 0.1) is 11.6 Å². The predicted octanol–water partition coefficient (Wildman–Crippen LogP) is 2.66. The number of sulfonamides is 1. The number of alkyl halides is 3. The van der Waals surface area contributed by atoms with E-state index in [1.807, 2.05) is 0 Å². The van der Waals surface area contributed by atoms with Gasteiger partial charge in [-0.3, -0.25) is 4.72 Å². The van der Waals surface area contributed by atoms with E-state index < -0.39 is 45.7 Å². The summed E-state index contributed by atoms with van der Waals surface area (Å²) < 4.78 is 85.1. The molecular formula is C9H8F5NO2S. The molecule has 1 aromatic carbocycles. The Balaban J connectivity index is 2.77. The Morgan fingerprint density at radius 2 is 1.78 bits per heavy atom. The van der Waals surface area contributed by atoms with Gasteiger partial charge in [-0.25, -0.2) is 17.2 Å². The summed E-state index contributed by atoms with van der Waals surface area (Å²) >= 11 is 0. The second-order valence-electron chi connectivity index (χ2n) is 3.41. The number of anilines is 1. The molecule has 0 fully saturated rings. The van der Waals surface area contributed by atoms with Crippen LogP contribution in [0.3, 0.4) is 0 Å².